The Morgan fingerprint density at radius 3 is 2.67 bits per heavy atom. The van der Waals surface area contributed by atoms with Crippen molar-refractivity contribution in [1.29, 1.82) is 0 Å². The first-order chi connectivity index (χ1) is 11.8. The maximum absolute atomic E-state index is 5.66. The molecule has 0 fully saturated rings. The highest BCUT2D eigenvalue weighted by Gasteiger charge is 2.04. The number of benzene rings is 1. The zero-order valence-corrected chi connectivity index (χ0v) is 14.5. The molecule has 0 spiro atoms. The Morgan fingerprint density at radius 1 is 1.12 bits per heavy atom. The second-order valence-corrected chi connectivity index (χ2v) is 5.50. The summed E-state index contributed by atoms with van der Waals surface area (Å²) < 4.78 is 11.0. The van der Waals surface area contributed by atoms with Crippen LogP contribution >= 0.6 is 0 Å². The standard InChI is InChI=1S/C19H27N3O2/c1-3-12-23-15-17-8-5-4-7-16(17)14-22-19(20-2)21-11-10-18-9-6-13-24-18/h4-9,13H,3,10-12,14-15H2,1-2H3,(H2,20,21,22). The normalized spacial score (nSPS) is 11.5. The highest BCUT2D eigenvalue weighted by molar-refractivity contribution is 5.79. The average molecular weight is 329 g/mol. The molecule has 0 aliphatic heterocycles. The van der Waals surface area contributed by atoms with Crippen molar-refractivity contribution in [1.82, 2.24) is 10.6 Å². The van der Waals surface area contributed by atoms with Crippen molar-refractivity contribution in [2.75, 3.05) is 20.2 Å². The molecule has 0 saturated heterocycles. The van der Waals surface area contributed by atoms with E-state index in [0.29, 0.717) is 13.2 Å². The van der Waals surface area contributed by atoms with Crippen molar-refractivity contribution in [3.05, 3.63) is 59.5 Å². The molecule has 5 nitrogen and oxygen atoms in total. The lowest BCUT2D eigenvalue weighted by Crippen LogP contribution is -2.38. The second kappa shape index (κ2) is 10.5. The van der Waals surface area contributed by atoms with E-state index >= 15 is 0 Å². The smallest absolute Gasteiger partial charge is 0.191 e. The molecule has 5 heteroatoms. The lowest BCUT2D eigenvalue weighted by molar-refractivity contribution is 0.121. The Hall–Kier alpha value is -2.27. The molecule has 0 unspecified atom stereocenters. The molecule has 130 valence electrons. The molecule has 0 radical (unpaired) electrons. The second-order valence-electron chi connectivity index (χ2n) is 5.50. The Kier molecular flexibility index (Phi) is 7.90. The molecule has 0 bridgehead atoms. The fourth-order valence-corrected chi connectivity index (χ4v) is 2.36. The van der Waals surface area contributed by atoms with Gasteiger partial charge in [0.1, 0.15) is 5.76 Å². The van der Waals surface area contributed by atoms with Crippen LogP contribution in [0.25, 0.3) is 0 Å². The van der Waals surface area contributed by atoms with Crippen LogP contribution in [0.4, 0.5) is 0 Å². The van der Waals surface area contributed by atoms with Gasteiger partial charge in [0.25, 0.3) is 0 Å². The van der Waals surface area contributed by atoms with Gasteiger partial charge in [-0.1, -0.05) is 31.2 Å². The van der Waals surface area contributed by atoms with Gasteiger partial charge in [-0.25, -0.2) is 0 Å². The summed E-state index contributed by atoms with van der Waals surface area (Å²) in [6.45, 7) is 5.04. The third kappa shape index (κ3) is 6.08. The molecular weight excluding hydrogens is 302 g/mol. The molecule has 1 aromatic heterocycles. The number of furan rings is 1. The molecule has 0 saturated carbocycles. The third-order valence-corrected chi connectivity index (χ3v) is 3.64. The number of aliphatic imine (C=N–C) groups is 1. The molecule has 2 rings (SSSR count). The van der Waals surface area contributed by atoms with Crippen LogP contribution in [0.5, 0.6) is 0 Å². The third-order valence-electron chi connectivity index (χ3n) is 3.64. The van der Waals surface area contributed by atoms with Crippen LogP contribution in [0.15, 0.2) is 52.1 Å². The lowest BCUT2D eigenvalue weighted by atomic mass is 10.1. The van der Waals surface area contributed by atoms with E-state index in [0.717, 1.165) is 37.7 Å². The zero-order valence-electron chi connectivity index (χ0n) is 14.5. The number of guanidine groups is 1. The molecule has 0 aliphatic carbocycles. The van der Waals surface area contributed by atoms with Crippen molar-refractivity contribution in [3.8, 4) is 0 Å². The lowest BCUT2D eigenvalue weighted by Gasteiger charge is -2.14. The van der Waals surface area contributed by atoms with Gasteiger partial charge in [0.05, 0.1) is 12.9 Å². The highest BCUT2D eigenvalue weighted by Crippen LogP contribution is 2.10. The number of nitrogens with zero attached hydrogens (tertiary/aromatic N) is 1. The molecule has 0 aliphatic rings. The summed E-state index contributed by atoms with van der Waals surface area (Å²) in [4.78, 5) is 4.26. The van der Waals surface area contributed by atoms with Gasteiger partial charge in [-0.15, -0.1) is 0 Å². The number of ether oxygens (including phenoxy) is 1. The fourth-order valence-electron chi connectivity index (χ4n) is 2.36. The number of rotatable bonds is 9. The molecule has 0 atom stereocenters. The molecule has 0 amide bonds. The maximum Gasteiger partial charge on any atom is 0.191 e. The quantitative estimate of drug-likeness (QED) is 0.422. The van der Waals surface area contributed by atoms with Crippen LogP contribution < -0.4 is 10.6 Å². The van der Waals surface area contributed by atoms with Gasteiger partial charge in [0.2, 0.25) is 0 Å². The van der Waals surface area contributed by atoms with E-state index in [1.807, 2.05) is 24.3 Å². The monoisotopic (exact) mass is 329 g/mol. The largest absolute Gasteiger partial charge is 0.469 e. The van der Waals surface area contributed by atoms with Crippen molar-refractivity contribution >= 4 is 5.96 Å². The van der Waals surface area contributed by atoms with E-state index < -0.39 is 0 Å². The summed E-state index contributed by atoms with van der Waals surface area (Å²) in [5.41, 5.74) is 2.44. The summed E-state index contributed by atoms with van der Waals surface area (Å²) >= 11 is 0. The van der Waals surface area contributed by atoms with Crippen LogP contribution in [0.1, 0.15) is 30.2 Å². The summed E-state index contributed by atoms with van der Waals surface area (Å²) in [5, 5.41) is 6.65. The number of hydrogen-bond acceptors (Lipinski definition) is 3. The van der Waals surface area contributed by atoms with Crippen molar-refractivity contribution in [2.24, 2.45) is 4.99 Å². The van der Waals surface area contributed by atoms with E-state index in [9.17, 15) is 0 Å². The van der Waals surface area contributed by atoms with Gasteiger partial charge < -0.3 is 19.8 Å². The predicted molar refractivity (Wildman–Crippen MR) is 97.0 cm³/mol. The van der Waals surface area contributed by atoms with Crippen LogP contribution in [-0.2, 0) is 24.3 Å². The van der Waals surface area contributed by atoms with Crippen molar-refractivity contribution in [3.63, 3.8) is 0 Å². The van der Waals surface area contributed by atoms with Crippen LogP contribution in [0.2, 0.25) is 0 Å². The molecule has 24 heavy (non-hydrogen) atoms. The predicted octanol–water partition coefficient (Wildman–Crippen LogP) is 3.11. The van der Waals surface area contributed by atoms with Gasteiger partial charge in [-0.2, -0.15) is 0 Å². The molecule has 2 aromatic rings. The number of hydrogen-bond donors (Lipinski definition) is 2. The van der Waals surface area contributed by atoms with Crippen LogP contribution in [-0.4, -0.2) is 26.2 Å². The summed E-state index contributed by atoms with van der Waals surface area (Å²) in [6, 6.07) is 12.2. The minimum absolute atomic E-state index is 0.649. The van der Waals surface area contributed by atoms with Crippen molar-refractivity contribution < 1.29 is 9.15 Å². The minimum Gasteiger partial charge on any atom is -0.469 e. The summed E-state index contributed by atoms with van der Waals surface area (Å²) in [6.07, 6.45) is 3.56. The van der Waals surface area contributed by atoms with Gasteiger partial charge in [0.15, 0.2) is 5.96 Å². The maximum atomic E-state index is 5.66. The Balaban J connectivity index is 1.79. The molecular formula is C19H27N3O2. The van der Waals surface area contributed by atoms with Crippen LogP contribution in [0.3, 0.4) is 0 Å². The van der Waals surface area contributed by atoms with E-state index in [2.05, 4.69) is 34.7 Å². The first-order valence-corrected chi connectivity index (χ1v) is 8.45. The van der Waals surface area contributed by atoms with Gasteiger partial charge in [0, 0.05) is 33.2 Å². The van der Waals surface area contributed by atoms with E-state index in [1.54, 1.807) is 13.3 Å². The van der Waals surface area contributed by atoms with Gasteiger partial charge in [-0.05, 0) is 29.7 Å². The zero-order chi connectivity index (χ0) is 17.0. The van der Waals surface area contributed by atoms with Crippen LogP contribution in [0, 0.1) is 0 Å². The first-order valence-electron chi connectivity index (χ1n) is 8.45. The Morgan fingerprint density at radius 2 is 1.96 bits per heavy atom. The van der Waals surface area contributed by atoms with Gasteiger partial charge in [-0.3, -0.25) is 4.99 Å². The summed E-state index contributed by atoms with van der Waals surface area (Å²) in [7, 11) is 1.78. The topological polar surface area (TPSA) is 58.8 Å². The minimum atomic E-state index is 0.649. The van der Waals surface area contributed by atoms with E-state index in [4.69, 9.17) is 9.15 Å². The highest BCUT2D eigenvalue weighted by atomic mass is 16.5. The Labute approximate surface area is 144 Å². The van der Waals surface area contributed by atoms with E-state index in [-0.39, 0.29) is 0 Å². The van der Waals surface area contributed by atoms with E-state index in [1.165, 1.54) is 11.1 Å². The average Bonchev–Trinajstić information content (AvgIpc) is 3.12. The molecule has 1 heterocycles. The SMILES string of the molecule is CCCOCc1ccccc1CNC(=NC)NCCc1ccco1. The Bertz CT molecular complexity index is 609. The first kappa shape index (κ1) is 18.1. The number of nitrogens with one attached hydrogen (secondary N) is 2. The fraction of sp³-hybridized carbons (Fsp3) is 0.421. The molecule has 2 N–H and O–H groups in total. The molecule has 1 aromatic carbocycles. The summed E-state index contributed by atoms with van der Waals surface area (Å²) in [5.74, 6) is 1.75. The van der Waals surface area contributed by atoms with Crippen molar-refractivity contribution in [2.45, 2.75) is 32.9 Å². The van der Waals surface area contributed by atoms with Gasteiger partial charge >= 0.3 is 0 Å².